The molecule has 0 saturated carbocycles. The average Bonchev–Trinajstić information content (AvgIpc) is 3.45. The summed E-state index contributed by atoms with van der Waals surface area (Å²) < 4.78 is 33.9. The molecule has 3 aromatic heterocycles. The number of aryl methyl sites for hydroxylation is 1. The first kappa shape index (κ1) is 26.9. The fourth-order valence-electron chi connectivity index (χ4n) is 3.39. The molecule has 6 nitrogen and oxygen atoms in total. The molecule has 0 radical (unpaired) electrons. The number of thiophene rings is 1. The predicted molar refractivity (Wildman–Crippen MR) is 136 cm³/mol. The molecule has 0 amide bonds. The van der Waals surface area contributed by atoms with Gasteiger partial charge in [-0.3, -0.25) is 9.20 Å². The van der Waals surface area contributed by atoms with Gasteiger partial charge in [-0.15, -0.1) is 11.3 Å². The Morgan fingerprint density at radius 3 is 2.44 bits per heavy atom. The molecule has 0 aliphatic heterocycles. The molecule has 0 aliphatic carbocycles. The molecule has 0 saturated heterocycles. The number of carbonyl (C=O) groups excluding carboxylic acids is 1. The number of imidazole rings is 1. The van der Waals surface area contributed by atoms with Gasteiger partial charge in [0.05, 0.1) is 0 Å². The Kier molecular flexibility index (Phi) is 8.52. The summed E-state index contributed by atoms with van der Waals surface area (Å²) >= 11 is 1.60. The quantitative estimate of drug-likeness (QED) is 0.202. The molecule has 0 fully saturated rings. The van der Waals surface area contributed by atoms with Crippen LogP contribution in [0, 0.1) is 6.92 Å². The summed E-state index contributed by atoms with van der Waals surface area (Å²) in [6, 6.07) is 14.6. The Morgan fingerprint density at radius 1 is 1.14 bits per heavy atom. The number of pyridine rings is 1. The standard InChI is InChI=1S/C24H25N3OS.C2HF3O2/c1-4-5-10-25-24-23(26-22-12-16(2)9-11-27(22)24)19-8-6-7-18(13-19)21-14-20(15-29-21)17(3)28;3-2(4,5)1(6)7/h6-9,11-15,25H,4-5,10H2,1-3H3;(H,6,7). The number of carboxylic acids is 1. The highest BCUT2D eigenvalue weighted by atomic mass is 32.1. The minimum Gasteiger partial charge on any atom is -0.475 e. The van der Waals surface area contributed by atoms with Crippen molar-refractivity contribution in [1.82, 2.24) is 9.38 Å². The van der Waals surface area contributed by atoms with Crippen molar-refractivity contribution in [1.29, 1.82) is 0 Å². The van der Waals surface area contributed by atoms with Crippen LogP contribution in [0.2, 0.25) is 0 Å². The van der Waals surface area contributed by atoms with Crippen LogP contribution in [0.1, 0.15) is 42.6 Å². The van der Waals surface area contributed by atoms with Gasteiger partial charge in [-0.1, -0.05) is 31.5 Å². The number of anilines is 1. The Hall–Kier alpha value is -3.66. The van der Waals surface area contributed by atoms with Gasteiger partial charge in [-0.2, -0.15) is 13.2 Å². The summed E-state index contributed by atoms with van der Waals surface area (Å²) in [6.45, 7) is 6.80. The van der Waals surface area contributed by atoms with E-state index < -0.39 is 12.1 Å². The van der Waals surface area contributed by atoms with E-state index in [1.54, 1.807) is 18.3 Å². The van der Waals surface area contributed by atoms with Crippen molar-refractivity contribution in [2.75, 3.05) is 11.9 Å². The molecule has 0 bridgehead atoms. The zero-order valence-electron chi connectivity index (χ0n) is 20.0. The summed E-state index contributed by atoms with van der Waals surface area (Å²) in [5.74, 6) is -1.63. The Bertz CT molecular complexity index is 1380. The second-order valence-electron chi connectivity index (χ2n) is 8.16. The van der Waals surface area contributed by atoms with Crippen LogP contribution in [0.5, 0.6) is 0 Å². The highest BCUT2D eigenvalue weighted by Gasteiger charge is 2.38. The number of aromatic nitrogens is 2. The third-order valence-electron chi connectivity index (χ3n) is 5.27. The Morgan fingerprint density at radius 2 is 1.83 bits per heavy atom. The first-order chi connectivity index (χ1) is 17.0. The third kappa shape index (κ3) is 6.51. The molecular formula is C26H26F3N3O3S. The lowest BCUT2D eigenvalue weighted by Gasteiger charge is -2.09. The largest absolute Gasteiger partial charge is 0.490 e. The number of Topliss-reactive ketones (excluding diaryl/α,β-unsaturated/α-hetero) is 1. The summed E-state index contributed by atoms with van der Waals surface area (Å²) in [5.41, 5.74) is 6.03. The van der Waals surface area contributed by atoms with Gasteiger partial charge in [-0.25, -0.2) is 9.78 Å². The van der Waals surface area contributed by atoms with E-state index in [-0.39, 0.29) is 5.78 Å². The van der Waals surface area contributed by atoms with Gasteiger partial charge in [0.2, 0.25) is 0 Å². The minimum absolute atomic E-state index is 0.0989. The van der Waals surface area contributed by atoms with Gasteiger partial charge in [-0.05, 0) is 55.7 Å². The molecule has 0 unspecified atom stereocenters. The number of hydrogen-bond acceptors (Lipinski definition) is 5. The first-order valence-corrected chi connectivity index (χ1v) is 12.1. The minimum atomic E-state index is -5.08. The lowest BCUT2D eigenvalue weighted by Crippen LogP contribution is -2.21. The number of fused-ring (bicyclic) bond motifs is 1. The van der Waals surface area contributed by atoms with Crippen LogP contribution < -0.4 is 5.32 Å². The van der Waals surface area contributed by atoms with Crippen molar-refractivity contribution in [3.05, 3.63) is 65.2 Å². The molecular weight excluding hydrogens is 491 g/mol. The van der Waals surface area contributed by atoms with E-state index in [9.17, 15) is 18.0 Å². The lowest BCUT2D eigenvalue weighted by molar-refractivity contribution is -0.192. The van der Waals surface area contributed by atoms with E-state index in [0.717, 1.165) is 58.1 Å². The number of aliphatic carboxylic acids is 1. The second-order valence-corrected chi connectivity index (χ2v) is 9.07. The Labute approximate surface area is 210 Å². The summed E-state index contributed by atoms with van der Waals surface area (Å²) in [4.78, 5) is 26.6. The average molecular weight is 518 g/mol. The number of unbranched alkanes of at least 4 members (excludes halogenated alkanes) is 1. The van der Waals surface area contributed by atoms with Gasteiger partial charge in [0, 0.05) is 34.1 Å². The van der Waals surface area contributed by atoms with Crippen molar-refractivity contribution in [2.45, 2.75) is 39.8 Å². The fraction of sp³-hybridized carbons (Fsp3) is 0.269. The van der Waals surface area contributed by atoms with Gasteiger partial charge >= 0.3 is 12.1 Å². The fourth-order valence-corrected chi connectivity index (χ4v) is 4.34. The number of carboxylic acid groups (broad SMARTS) is 1. The maximum absolute atomic E-state index is 11.7. The monoisotopic (exact) mass is 517 g/mol. The molecule has 0 atom stereocenters. The van der Waals surface area contributed by atoms with Gasteiger partial charge in [0.15, 0.2) is 5.78 Å². The maximum Gasteiger partial charge on any atom is 0.490 e. The molecule has 3 heterocycles. The number of carbonyl (C=O) groups is 2. The van der Waals surface area contributed by atoms with Crippen molar-refractivity contribution in [3.63, 3.8) is 0 Å². The van der Waals surface area contributed by atoms with Crippen molar-refractivity contribution in [2.24, 2.45) is 0 Å². The summed E-state index contributed by atoms with van der Waals surface area (Å²) in [5, 5.41) is 12.6. The van der Waals surface area contributed by atoms with Crippen LogP contribution in [0.3, 0.4) is 0 Å². The molecule has 1 aromatic carbocycles. The van der Waals surface area contributed by atoms with Crippen molar-refractivity contribution in [3.8, 4) is 21.7 Å². The Balaban J connectivity index is 0.000000454. The molecule has 2 N–H and O–H groups in total. The molecule has 36 heavy (non-hydrogen) atoms. The number of nitrogens with zero attached hydrogens (tertiary/aromatic N) is 2. The number of nitrogens with one attached hydrogen (secondary N) is 1. The molecule has 4 aromatic rings. The smallest absolute Gasteiger partial charge is 0.475 e. The number of rotatable bonds is 7. The number of hydrogen-bond donors (Lipinski definition) is 2. The molecule has 0 aliphatic rings. The van der Waals surface area contributed by atoms with Gasteiger partial charge < -0.3 is 10.4 Å². The molecule has 4 rings (SSSR count). The van der Waals surface area contributed by atoms with Crippen LogP contribution in [0.4, 0.5) is 19.0 Å². The van der Waals surface area contributed by atoms with Crippen LogP contribution in [-0.4, -0.2) is 39.0 Å². The summed E-state index contributed by atoms with van der Waals surface area (Å²) in [6.07, 6.45) is -0.746. The second kappa shape index (κ2) is 11.4. The normalized spacial score (nSPS) is 11.2. The number of benzene rings is 1. The highest BCUT2D eigenvalue weighted by molar-refractivity contribution is 7.13. The number of ketones is 1. The number of halogens is 3. The molecule has 10 heteroatoms. The van der Waals surface area contributed by atoms with Gasteiger partial charge in [0.1, 0.15) is 17.2 Å². The molecule has 190 valence electrons. The zero-order chi connectivity index (χ0) is 26.5. The van der Waals surface area contributed by atoms with E-state index in [4.69, 9.17) is 14.9 Å². The zero-order valence-corrected chi connectivity index (χ0v) is 20.8. The van der Waals surface area contributed by atoms with Crippen LogP contribution >= 0.6 is 11.3 Å². The van der Waals surface area contributed by atoms with E-state index >= 15 is 0 Å². The SMILES string of the molecule is CCCCNc1c(-c2cccc(-c3cc(C(C)=O)cs3)c2)nc2cc(C)ccn12.O=C(O)C(F)(F)F. The van der Waals surface area contributed by atoms with Crippen LogP contribution in [-0.2, 0) is 4.79 Å². The third-order valence-corrected chi connectivity index (χ3v) is 6.25. The molecule has 0 spiro atoms. The van der Waals surface area contributed by atoms with E-state index in [2.05, 4.69) is 66.2 Å². The highest BCUT2D eigenvalue weighted by Crippen LogP contribution is 2.34. The van der Waals surface area contributed by atoms with Gasteiger partial charge in [0.25, 0.3) is 0 Å². The topological polar surface area (TPSA) is 83.7 Å². The van der Waals surface area contributed by atoms with E-state index in [1.165, 1.54) is 5.56 Å². The van der Waals surface area contributed by atoms with Crippen molar-refractivity contribution < 1.29 is 27.9 Å². The maximum atomic E-state index is 11.7. The summed E-state index contributed by atoms with van der Waals surface area (Å²) in [7, 11) is 0. The first-order valence-electron chi connectivity index (χ1n) is 11.2. The predicted octanol–water partition coefficient (Wildman–Crippen LogP) is 7.09. The van der Waals surface area contributed by atoms with E-state index in [1.807, 2.05) is 11.4 Å². The van der Waals surface area contributed by atoms with Crippen LogP contribution in [0.15, 0.2) is 54.0 Å². The van der Waals surface area contributed by atoms with E-state index in [0.29, 0.717) is 0 Å². The van der Waals surface area contributed by atoms with Crippen LogP contribution in [0.25, 0.3) is 27.3 Å². The number of alkyl halides is 3. The lowest BCUT2D eigenvalue weighted by atomic mass is 10.1. The van der Waals surface area contributed by atoms with Crippen molar-refractivity contribution >= 4 is 34.6 Å².